The summed E-state index contributed by atoms with van der Waals surface area (Å²) in [4.78, 5) is 0. The van der Waals surface area contributed by atoms with Crippen LogP contribution in [0.3, 0.4) is 0 Å². The average molecular weight is 324 g/mol. The van der Waals surface area contributed by atoms with Gasteiger partial charge in [0, 0.05) is 10.4 Å². The van der Waals surface area contributed by atoms with Crippen molar-refractivity contribution in [3.63, 3.8) is 0 Å². The lowest BCUT2D eigenvalue weighted by Gasteiger charge is -2.09. The maximum atomic E-state index is 13.7. The fourth-order valence-corrected chi connectivity index (χ4v) is 2.76. The van der Waals surface area contributed by atoms with Gasteiger partial charge in [-0.05, 0) is 42.3 Å². The van der Waals surface area contributed by atoms with Crippen LogP contribution in [0.25, 0.3) is 11.0 Å². The summed E-state index contributed by atoms with van der Waals surface area (Å²) in [5.41, 5.74) is 7.89. The monoisotopic (exact) mass is 323 g/mol. The molecule has 0 bridgehead atoms. The van der Waals surface area contributed by atoms with Gasteiger partial charge in [-0.3, -0.25) is 0 Å². The SMILES string of the molecule is Cc1ccc(C(N)c2cc3cc(Cl)cc(Cl)c3o2)cc1F. The molecule has 0 aliphatic rings. The van der Waals surface area contributed by atoms with Crippen LogP contribution >= 0.6 is 23.2 Å². The fraction of sp³-hybridized carbons (Fsp3) is 0.125. The number of benzene rings is 2. The third-order valence-electron chi connectivity index (χ3n) is 3.42. The van der Waals surface area contributed by atoms with Crippen LogP contribution in [0.15, 0.2) is 40.8 Å². The summed E-state index contributed by atoms with van der Waals surface area (Å²) < 4.78 is 19.4. The molecule has 1 aromatic heterocycles. The largest absolute Gasteiger partial charge is 0.457 e. The summed E-state index contributed by atoms with van der Waals surface area (Å²) in [5.74, 6) is 0.220. The van der Waals surface area contributed by atoms with Crippen molar-refractivity contribution in [2.75, 3.05) is 0 Å². The average Bonchev–Trinajstić information content (AvgIpc) is 2.85. The summed E-state index contributed by atoms with van der Waals surface area (Å²) in [7, 11) is 0. The van der Waals surface area contributed by atoms with E-state index < -0.39 is 6.04 Å². The number of halogens is 3. The number of aryl methyl sites for hydroxylation is 1. The van der Waals surface area contributed by atoms with Crippen molar-refractivity contribution < 1.29 is 8.81 Å². The Hall–Kier alpha value is -1.55. The fourth-order valence-electron chi connectivity index (χ4n) is 2.22. The Balaban J connectivity index is 2.07. The van der Waals surface area contributed by atoms with Crippen LogP contribution in [0.4, 0.5) is 4.39 Å². The maximum Gasteiger partial charge on any atom is 0.153 e. The summed E-state index contributed by atoms with van der Waals surface area (Å²) in [6.07, 6.45) is 0. The van der Waals surface area contributed by atoms with E-state index in [-0.39, 0.29) is 5.82 Å². The number of hydrogen-bond acceptors (Lipinski definition) is 2. The normalized spacial score (nSPS) is 12.8. The van der Waals surface area contributed by atoms with E-state index in [2.05, 4.69) is 0 Å². The van der Waals surface area contributed by atoms with Gasteiger partial charge < -0.3 is 10.2 Å². The van der Waals surface area contributed by atoms with Gasteiger partial charge in [0.1, 0.15) is 11.6 Å². The second kappa shape index (κ2) is 5.34. The first-order valence-corrected chi connectivity index (χ1v) is 7.11. The smallest absolute Gasteiger partial charge is 0.153 e. The summed E-state index contributed by atoms with van der Waals surface area (Å²) >= 11 is 12.1. The maximum absolute atomic E-state index is 13.7. The van der Waals surface area contributed by atoms with Crippen LogP contribution in [0, 0.1) is 12.7 Å². The lowest BCUT2D eigenvalue weighted by atomic mass is 10.0. The highest BCUT2D eigenvalue weighted by atomic mass is 35.5. The molecule has 0 amide bonds. The first-order valence-electron chi connectivity index (χ1n) is 6.36. The molecule has 21 heavy (non-hydrogen) atoms. The molecular formula is C16H12Cl2FNO. The van der Waals surface area contributed by atoms with Crippen molar-refractivity contribution in [1.29, 1.82) is 0 Å². The van der Waals surface area contributed by atoms with Crippen LogP contribution in [-0.4, -0.2) is 0 Å². The van der Waals surface area contributed by atoms with E-state index in [1.54, 1.807) is 37.3 Å². The molecule has 0 radical (unpaired) electrons. The summed E-state index contributed by atoms with van der Waals surface area (Å²) in [5, 5.41) is 1.71. The van der Waals surface area contributed by atoms with Crippen molar-refractivity contribution in [3.8, 4) is 0 Å². The van der Waals surface area contributed by atoms with Gasteiger partial charge >= 0.3 is 0 Å². The minimum absolute atomic E-state index is 0.292. The minimum atomic E-state index is -0.567. The van der Waals surface area contributed by atoms with E-state index in [0.29, 0.717) is 32.5 Å². The van der Waals surface area contributed by atoms with Gasteiger partial charge in [0.25, 0.3) is 0 Å². The van der Waals surface area contributed by atoms with Crippen molar-refractivity contribution in [2.45, 2.75) is 13.0 Å². The zero-order valence-corrected chi connectivity index (χ0v) is 12.7. The Bertz CT molecular complexity index is 829. The van der Waals surface area contributed by atoms with Crippen molar-refractivity contribution in [1.82, 2.24) is 0 Å². The third kappa shape index (κ3) is 2.64. The standard InChI is InChI=1S/C16H12Cl2FNO/c1-8-2-3-9(5-13(8)19)15(20)14-6-10-4-11(17)7-12(18)16(10)21-14/h2-7,15H,20H2,1H3. The van der Waals surface area contributed by atoms with Gasteiger partial charge in [-0.25, -0.2) is 4.39 Å². The lowest BCUT2D eigenvalue weighted by molar-refractivity contribution is 0.523. The van der Waals surface area contributed by atoms with Crippen LogP contribution in [0.1, 0.15) is 22.9 Å². The molecule has 0 aliphatic carbocycles. The highest BCUT2D eigenvalue weighted by molar-refractivity contribution is 6.38. The number of rotatable bonds is 2. The van der Waals surface area contributed by atoms with E-state index in [1.165, 1.54) is 6.07 Å². The Morgan fingerprint density at radius 1 is 1.14 bits per heavy atom. The summed E-state index contributed by atoms with van der Waals surface area (Å²) in [6, 6.07) is 9.45. The van der Waals surface area contributed by atoms with Gasteiger partial charge in [-0.1, -0.05) is 35.3 Å². The second-order valence-electron chi connectivity index (χ2n) is 4.94. The molecule has 2 aromatic carbocycles. The Morgan fingerprint density at radius 3 is 2.62 bits per heavy atom. The van der Waals surface area contributed by atoms with Crippen LogP contribution in [-0.2, 0) is 0 Å². The van der Waals surface area contributed by atoms with Crippen LogP contribution in [0.2, 0.25) is 10.0 Å². The highest BCUT2D eigenvalue weighted by Gasteiger charge is 2.17. The van der Waals surface area contributed by atoms with E-state index in [1.807, 2.05) is 0 Å². The van der Waals surface area contributed by atoms with Crippen molar-refractivity contribution in [3.05, 3.63) is 69.1 Å². The Morgan fingerprint density at radius 2 is 1.90 bits per heavy atom. The Labute approximate surface area is 131 Å². The van der Waals surface area contributed by atoms with Crippen molar-refractivity contribution >= 4 is 34.2 Å². The van der Waals surface area contributed by atoms with Gasteiger partial charge in [0.05, 0.1) is 11.1 Å². The van der Waals surface area contributed by atoms with Crippen molar-refractivity contribution in [2.24, 2.45) is 5.73 Å². The molecule has 1 heterocycles. The highest BCUT2D eigenvalue weighted by Crippen LogP contribution is 2.33. The zero-order valence-electron chi connectivity index (χ0n) is 11.2. The molecule has 1 unspecified atom stereocenters. The predicted octanol–water partition coefficient (Wildman–Crippen LogP) is 5.24. The first kappa shape index (κ1) is 14.4. The van der Waals surface area contributed by atoms with Gasteiger partial charge in [-0.2, -0.15) is 0 Å². The molecule has 3 aromatic rings. The molecule has 0 fully saturated rings. The number of furan rings is 1. The molecule has 2 nitrogen and oxygen atoms in total. The van der Waals surface area contributed by atoms with E-state index >= 15 is 0 Å². The molecule has 108 valence electrons. The molecule has 0 saturated heterocycles. The van der Waals surface area contributed by atoms with E-state index in [9.17, 15) is 4.39 Å². The summed E-state index contributed by atoms with van der Waals surface area (Å²) in [6.45, 7) is 1.70. The van der Waals surface area contributed by atoms with Gasteiger partial charge in [0.2, 0.25) is 0 Å². The Kier molecular flexibility index (Phi) is 3.66. The molecule has 3 rings (SSSR count). The molecule has 1 atom stereocenters. The third-order valence-corrected chi connectivity index (χ3v) is 3.92. The molecule has 0 aliphatic heterocycles. The zero-order chi connectivity index (χ0) is 15.1. The second-order valence-corrected chi connectivity index (χ2v) is 5.78. The molecule has 0 saturated carbocycles. The van der Waals surface area contributed by atoms with E-state index in [4.69, 9.17) is 33.4 Å². The number of hydrogen-bond donors (Lipinski definition) is 1. The van der Waals surface area contributed by atoms with Gasteiger partial charge in [0.15, 0.2) is 5.58 Å². The minimum Gasteiger partial charge on any atom is -0.457 e. The predicted molar refractivity (Wildman–Crippen MR) is 83.4 cm³/mol. The van der Waals surface area contributed by atoms with E-state index in [0.717, 1.165) is 5.39 Å². The first-order chi connectivity index (χ1) is 9.95. The quantitative estimate of drug-likeness (QED) is 0.700. The number of nitrogens with two attached hydrogens (primary N) is 1. The van der Waals surface area contributed by atoms with Gasteiger partial charge in [-0.15, -0.1) is 0 Å². The van der Waals surface area contributed by atoms with Crippen LogP contribution in [0.5, 0.6) is 0 Å². The molecule has 5 heteroatoms. The molecular weight excluding hydrogens is 312 g/mol. The topological polar surface area (TPSA) is 39.2 Å². The molecule has 2 N–H and O–H groups in total. The molecule has 0 spiro atoms. The van der Waals surface area contributed by atoms with Crippen LogP contribution < -0.4 is 5.73 Å². The lowest BCUT2D eigenvalue weighted by Crippen LogP contribution is -2.11. The number of fused-ring (bicyclic) bond motifs is 1.